The molecule has 2 heterocycles. The highest BCUT2D eigenvalue weighted by molar-refractivity contribution is 6.30. The molecule has 1 aromatic rings. The Bertz CT molecular complexity index is 447. The van der Waals surface area contributed by atoms with Crippen LogP contribution < -0.4 is 10.6 Å². The first kappa shape index (κ1) is 10.1. The van der Waals surface area contributed by atoms with Crippen LogP contribution in [0.2, 0.25) is 5.02 Å². The van der Waals surface area contributed by atoms with E-state index in [2.05, 4.69) is 10.6 Å². The van der Waals surface area contributed by atoms with Crippen LogP contribution in [0.4, 0.5) is 0 Å². The Hall–Kier alpha value is -1.06. The van der Waals surface area contributed by atoms with E-state index in [1.807, 2.05) is 12.1 Å². The molecule has 0 saturated carbocycles. The third-order valence-electron chi connectivity index (χ3n) is 3.52. The summed E-state index contributed by atoms with van der Waals surface area (Å²) >= 11 is 6.02. The van der Waals surface area contributed by atoms with Gasteiger partial charge in [-0.25, -0.2) is 0 Å². The summed E-state index contributed by atoms with van der Waals surface area (Å²) in [6, 6.07) is 5.54. The maximum Gasteiger partial charge on any atom is 0.251 e. The van der Waals surface area contributed by atoms with Crippen molar-refractivity contribution in [3.05, 3.63) is 34.3 Å². The summed E-state index contributed by atoms with van der Waals surface area (Å²) in [7, 11) is 0. The molecule has 1 aromatic carbocycles. The Morgan fingerprint density at radius 1 is 1.25 bits per heavy atom. The summed E-state index contributed by atoms with van der Waals surface area (Å²) < 4.78 is 0. The quantitative estimate of drug-likeness (QED) is 0.715. The zero-order valence-corrected chi connectivity index (χ0v) is 9.55. The second-order valence-corrected chi connectivity index (χ2v) is 4.90. The highest BCUT2D eigenvalue weighted by Crippen LogP contribution is 2.33. The van der Waals surface area contributed by atoms with Gasteiger partial charge in [-0.3, -0.25) is 4.79 Å². The molecule has 4 heteroatoms. The van der Waals surface area contributed by atoms with Crippen molar-refractivity contribution < 1.29 is 4.79 Å². The predicted molar refractivity (Wildman–Crippen MR) is 62.9 cm³/mol. The van der Waals surface area contributed by atoms with Gasteiger partial charge in [0.1, 0.15) is 0 Å². The molecule has 0 spiro atoms. The average Bonchev–Trinajstić information content (AvgIpc) is 2.69. The van der Waals surface area contributed by atoms with Crippen LogP contribution in [0, 0.1) is 5.92 Å². The van der Waals surface area contributed by atoms with E-state index in [9.17, 15) is 4.79 Å². The lowest BCUT2D eigenvalue weighted by atomic mass is 9.87. The molecule has 1 fully saturated rings. The molecule has 0 unspecified atom stereocenters. The highest BCUT2D eigenvalue weighted by Gasteiger charge is 2.34. The highest BCUT2D eigenvalue weighted by atomic mass is 35.5. The van der Waals surface area contributed by atoms with E-state index in [0.29, 0.717) is 16.9 Å². The number of hydrogen-bond donors (Lipinski definition) is 2. The molecule has 0 aromatic heterocycles. The molecule has 1 saturated heterocycles. The molecule has 0 bridgehead atoms. The maximum absolute atomic E-state index is 11.9. The number of rotatable bonds is 0. The number of amides is 1. The standard InChI is InChI=1S/C12H13ClN2O/c13-8-1-2-9-10(3-8)11-6-14-4-7(11)5-15-12(9)16/h1-3,7,11,14H,4-6H2,(H,15,16)/t7-,11+/m1/s1. The topological polar surface area (TPSA) is 41.1 Å². The monoisotopic (exact) mass is 236 g/mol. The van der Waals surface area contributed by atoms with Crippen LogP contribution in [-0.2, 0) is 0 Å². The summed E-state index contributed by atoms with van der Waals surface area (Å²) in [5.41, 5.74) is 1.87. The van der Waals surface area contributed by atoms with Crippen LogP contribution in [0.15, 0.2) is 18.2 Å². The van der Waals surface area contributed by atoms with Gasteiger partial charge in [-0.2, -0.15) is 0 Å². The normalized spacial score (nSPS) is 27.9. The third-order valence-corrected chi connectivity index (χ3v) is 3.76. The molecule has 1 amide bonds. The molecule has 84 valence electrons. The van der Waals surface area contributed by atoms with Gasteiger partial charge in [0.15, 0.2) is 0 Å². The van der Waals surface area contributed by atoms with E-state index < -0.39 is 0 Å². The molecule has 3 nitrogen and oxygen atoms in total. The second-order valence-electron chi connectivity index (χ2n) is 4.47. The van der Waals surface area contributed by atoms with Crippen molar-refractivity contribution in [1.82, 2.24) is 10.6 Å². The van der Waals surface area contributed by atoms with Gasteiger partial charge in [0, 0.05) is 36.1 Å². The fraction of sp³-hybridized carbons (Fsp3) is 0.417. The van der Waals surface area contributed by atoms with Gasteiger partial charge in [0.2, 0.25) is 0 Å². The number of nitrogens with one attached hydrogen (secondary N) is 2. The smallest absolute Gasteiger partial charge is 0.251 e. The number of benzene rings is 1. The van der Waals surface area contributed by atoms with Gasteiger partial charge in [-0.05, 0) is 29.7 Å². The van der Waals surface area contributed by atoms with Crippen LogP contribution in [0.5, 0.6) is 0 Å². The van der Waals surface area contributed by atoms with Gasteiger partial charge in [0.05, 0.1) is 0 Å². The number of halogens is 1. The van der Waals surface area contributed by atoms with Crippen LogP contribution in [0.25, 0.3) is 0 Å². The fourth-order valence-electron chi connectivity index (χ4n) is 2.68. The van der Waals surface area contributed by atoms with Crippen molar-refractivity contribution in [2.45, 2.75) is 5.92 Å². The Morgan fingerprint density at radius 3 is 3.00 bits per heavy atom. The first-order valence-electron chi connectivity index (χ1n) is 5.54. The fourth-order valence-corrected chi connectivity index (χ4v) is 2.86. The zero-order valence-electron chi connectivity index (χ0n) is 8.79. The minimum absolute atomic E-state index is 0.0288. The van der Waals surface area contributed by atoms with Crippen LogP contribution >= 0.6 is 11.6 Å². The molecule has 0 radical (unpaired) electrons. The van der Waals surface area contributed by atoms with Crippen molar-refractivity contribution in [1.29, 1.82) is 0 Å². The second kappa shape index (κ2) is 3.75. The van der Waals surface area contributed by atoms with E-state index >= 15 is 0 Å². The van der Waals surface area contributed by atoms with Gasteiger partial charge in [-0.15, -0.1) is 0 Å². The predicted octanol–water partition coefficient (Wildman–Crippen LogP) is 1.39. The van der Waals surface area contributed by atoms with Crippen molar-refractivity contribution in [2.75, 3.05) is 19.6 Å². The summed E-state index contributed by atoms with van der Waals surface area (Å²) in [5.74, 6) is 0.928. The first-order chi connectivity index (χ1) is 7.75. The molecule has 2 aliphatic heterocycles. The lowest BCUT2D eigenvalue weighted by molar-refractivity contribution is 0.0952. The Morgan fingerprint density at radius 2 is 2.12 bits per heavy atom. The van der Waals surface area contributed by atoms with Gasteiger partial charge in [0.25, 0.3) is 5.91 Å². The van der Waals surface area contributed by atoms with Crippen molar-refractivity contribution in [3.63, 3.8) is 0 Å². The molecular weight excluding hydrogens is 224 g/mol. The van der Waals surface area contributed by atoms with Crippen LogP contribution in [-0.4, -0.2) is 25.5 Å². The van der Waals surface area contributed by atoms with E-state index in [0.717, 1.165) is 30.8 Å². The van der Waals surface area contributed by atoms with Gasteiger partial charge in [-0.1, -0.05) is 11.6 Å². The van der Waals surface area contributed by atoms with Gasteiger partial charge < -0.3 is 10.6 Å². The number of carbonyl (C=O) groups is 1. The minimum atomic E-state index is 0.0288. The zero-order chi connectivity index (χ0) is 11.1. The summed E-state index contributed by atoms with van der Waals surface area (Å²) in [5, 5.41) is 7.05. The molecule has 3 rings (SSSR count). The largest absolute Gasteiger partial charge is 0.352 e. The molecule has 0 aliphatic carbocycles. The molecule has 16 heavy (non-hydrogen) atoms. The lowest BCUT2D eigenvalue weighted by Crippen LogP contribution is -2.28. The maximum atomic E-state index is 11.9. The van der Waals surface area contributed by atoms with E-state index in [4.69, 9.17) is 11.6 Å². The van der Waals surface area contributed by atoms with Gasteiger partial charge >= 0.3 is 0 Å². The average molecular weight is 237 g/mol. The van der Waals surface area contributed by atoms with Crippen molar-refractivity contribution >= 4 is 17.5 Å². The Balaban J connectivity index is 2.13. The number of carbonyl (C=O) groups excluding carboxylic acids is 1. The first-order valence-corrected chi connectivity index (χ1v) is 5.92. The molecule has 2 aliphatic rings. The minimum Gasteiger partial charge on any atom is -0.352 e. The summed E-state index contributed by atoms with van der Waals surface area (Å²) in [4.78, 5) is 11.9. The van der Waals surface area contributed by atoms with Crippen molar-refractivity contribution in [3.8, 4) is 0 Å². The Kier molecular flexibility index (Phi) is 2.37. The van der Waals surface area contributed by atoms with E-state index in [1.165, 1.54) is 0 Å². The number of hydrogen-bond acceptors (Lipinski definition) is 2. The SMILES string of the molecule is O=C1NC[C@H]2CNC[C@@H]2c2cc(Cl)ccc21. The summed E-state index contributed by atoms with van der Waals surface area (Å²) in [6.45, 7) is 2.66. The van der Waals surface area contributed by atoms with E-state index in [1.54, 1.807) is 6.07 Å². The molecule has 2 atom stereocenters. The van der Waals surface area contributed by atoms with E-state index in [-0.39, 0.29) is 5.91 Å². The molecule has 2 N–H and O–H groups in total. The summed E-state index contributed by atoms with van der Waals surface area (Å²) in [6.07, 6.45) is 0. The third kappa shape index (κ3) is 1.51. The molecular formula is C12H13ClN2O. The van der Waals surface area contributed by atoms with Crippen molar-refractivity contribution in [2.24, 2.45) is 5.92 Å². The van der Waals surface area contributed by atoms with Crippen LogP contribution in [0.1, 0.15) is 21.8 Å². The van der Waals surface area contributed by atoms with Crippen LogP contribution in [0.3, 0.4) is 0 Å². The number of fused-ring (bicyclic) bond motifs is 3. The lowest BCUT2D eigenvalue weighted by Gasteiger charge is -2.16. The Labute approximate surface area is 99.2 Å².